The maximum Gasteiger partial charge on any atom is 0.182 e. The van der Waals surface area contributed by atoms with Crippen molar-refractivity contribution in [1.82, 2.24) is 4.98 Å². The minimum Gasteiger partial charge on any atom is -0.292 e. The standard InChI is InChI=1S/C11H16N2OS2/c1-4-7(14)9-8(5-6(2)3)16-11(13-9)10(12)15/h6H,4-5H2,1-3H3,(H2,12,15). The van der Waals surface area contributed by atoms with E-state index in [1.165, 1.54) is 11.3 Å². The van der Waals surface area contributed by atoms with Crippen molar-refractivity contribution in [3.8, 4) is 0 Å². The predicted octanol–water partition coefficient (Wildman–Crippen LogP) is 3.19. The maximum atomic E-state index is 11.7. The lowest BCUT2D eigenvalue weighted by Crippen LogP contribution is -2.03. The van der Waals surface area contributed by atoms with Gasteiger partial charge in [-0.05, 0) is 12.3 Å². The summed E-state index contributed by atoms with van der Waals surface area (Å²) in [4.78, 5) is 16.9. The van der Waals surface area contributed by atoms with Crippen LogP contribution in [-0.4, -0.2) is 15.8 Å². The summed E-state index contributed by atoms with van der Waals surface area (Å²) in [6, 6.07) is 0. The normalized spacial score (nSPS) is 10.8. The molecule has 3 nitrogen and oxygen atoms in total. The van der Waals surface area contributed by atoms with Gasteiger partial charge in [0.15, 0.2) is 5.78 Å². The zero-order chi connectivity index (χ0) is 12.3. The fraction of sp³-hybridized carbons (Fsp3) is 0.545. The summed E-state index contributed by atoms with van der Waals surface area (Å²) in [7, 11) is 0. The number of Topliss-reactive ketones (excluding diaryl/α,β-unsaturated/α-hetero) is 1. The molecule has 88 valence electrons. The van der Waals surface area contributed by atoms with Gasteiger partial charge >= 0.3 is 0 Å². The molecule has 0 saturated heterocycles. The van der Waals surface area contributed by atoms with Crippen molar-refractivity contribution in [3.63, 3.8) is 0 Å². The van der Waals surface area contributed by atoms with Crippen molar-refractivity contribution in [1.29, 1.82) is 5.41 Å². The molecule has 1 heterocycles. The summed E-state index contributed by atoms with van der Waals surface area (Å²) in [6.07, 6.45) is 1.29. The maximum absolute atomic E-state index is 11.7. The second-order valence-electron chi connectivity index (χ2n) is 4.01. The first kappa shape index (κ1) is 13.4. The molecular formula is C11H16N2OS2. The van der Waals surface area contributed by atoms with Crippen molar-refractivity contribution in [2.24, 2.45) is 5.92 Å². The van der Waals surface area contributed by atoms with Crippen LogP contribution in [0.2, 0.25) is 0 Å². The highest BCUT2D eigenvalue weighted by Gasteiger charge is 2.18. The summed E-state index contributed by atoms with van der Waals surface area (Å²) in [5.41, 5.74) is 0.537. The molecule has 1 rings (SSSR count). The highest BCUT2D eigenvalue weighted by atomic mass is 32.1. The molecule has 0 aliphatic heterocycles. The van der Waals surface area contributed by atoms with Crippen LogP contribution >= 0.6 is 24.0 Å². The Morgan fingerprint density at radius 2 is 2.19 bits per heavy atom. The van der Waals surface area contributed by atoms with Crippen molar-refractivity contribution < 1.29 is 4.79 Å². The minimum atomic E-state index is 0.0488. The molecule has 0 atom stereocenters. The second-order valence-corrected chi connectivity index (χ2v) is 5.54. The van der Waals surface area contributed by atoms with E-state index in [2.05, 4.69) is 31.5 Å². The van der Waals surface area contributed by atoms with Crippen LogP contribution in [0, 0.1) is 11.3 Å². The molecule has 0 radical (unpaired) electrons. The van der Waals surface area contributed by atoms with E-state index >= 15 is 0 Å². The number of carbonyl (C=O) groups excluding carboxylic acids is 1. The van der Waals surface area contributed by atoms with Crippen molar-refractivity contribution in [2.45, 2.75) is 33.6 Å². The zero-order valence-electron chi connectivity index (χ0n) is 9.70. The van der Waals surface area contributed by atoms with Crippen molar-refractivity contribution >= 4 is 34.8 Å². The van der Waals surface area contributed by atoms with Crippen LogP contribution in [0.4, 0.5) is 0 Å². The van der Waals surface area contributed by atoms with E-state index in [1.807, 2.05) is 6.92 Å². The smallest absolute Gasteiger partial charge is 0.182 e. The highest BCUT2D eigenvalue weighted by molar-refractivity contribution is 7.97. The molecule has 1 N–H and O–H groups in total. The molecule has 0 aromatic carbocycles. The number of hydrogen-bond acceptors (Lipinski definition) is 4. The Morgan fingerprint density at radius 3 is 2.62 bits per heavy atom. The number of rotatable bonds is 5. The third-order valence-corrected chi connectivity index (χ3v) is 3.54. The van der Waals surface area contributed by atoms with Crippen LogP contribution < -0.4 is 0 Å². The topological polar surface area (TPSA) is 53.8 Å². The van der Waals surface area contributed by atoms with Crippen LogP contribution in [0.1, 0.15) is 47.6 Å². The first-order chi connectivity index (χ1) is 7.45. The average Bonchev–Trinajstić information content (AvgIpc) is 2.59. The van der Waals surface area contributed by atoms with Crippen molar-refractivity contribution in [2.75, 3.05) is 0 Å². The molecule has 0 bridgehead atoms. The number of hydrogen-bond donors (Lipinski definition) is 2. The lowest BCUT2D eigenvalue weighted by atomic mass is 10.1. The van der Waals surface area contributed by atoms with Crippen LogP contribution in [-0.2, 0) is 6.42 Å². The molecule has 16 heavy (non-hydrogen) atoms. The van der Waals surface area contributed by atoms with Gasteiger partial charge in [0.25, 0.3) is 0 Å². The Kier molecular flexibility index (Phi) is 4.68. The van der Waals surface area contributed by atoms with Gasteiger partial charge in [0.2, 0.25) is 0 Å². The number of thiazole rings is 1. The molecule has 0 saturated carbocycles. The fourth-order valence-electron chi connectivity index (χ4n) is 1.35. The van der Waals surface area contributed by atoms with Gasteiger partial charge in [0.05, 0.1) is 0 Å². The first-order valence-electron chi connectivity index (χ1n) is 5.26. The molecule has 1 aromatic rings. The molecule has 0 fully saturated rings. The van der Waals surface area contributed by atoms with Crippen molar-refractivity contribution in [3.05, 3.63) is 15.6 Å². The van der Waals surface area contributed by atoms with Crippen LogP contribution in [0.15, 0.2) is 0 Å². The van der Waals surface area contributed by atoms with E-state index in [4.69, 9.17) is 5.41 Å². The molecule has 5 heteroatoms. The van der Waals surface area contributed by atoms with E-state index in [1.54, 1.807) is 0 Å². The van der Waals surface area contributed by atoms with Gasteiger partial charge in [-0.3, -0.25) is 10.2 Å². The Balaban J connectivity index is 3.12. The fourth-order valence-corrected chi connectivity index (χ4v) is 2.67. The molecule has 0 unspecified atom stereocenters. The summed E-state index contributed by atoms with van der Waals surface area (Å²) >= 11 is 5.36. The number of aromatic nitrogens is 1. The van der Waals surface area contributed by atoms with Gasteiger partial charge in [0, 0.05) is 11.3 Å². The summed E-state index contributed by atoms with van der Waals surface area (Å²) in [6.45, 7) is 6.03. The summed E-state index contributed by atoms with van der Waals surface area (Å²) < 4.78 is 0. The number of thiol groups is 1. The van der Waals surface area contributed by atoms with E-state index in [0.717, 1.165) is 11.3 Å². The monoisotopic (exact) mass is 256 g/mol. The number of nitrogens with zero attached hydrogens (tertiary/aromatic N) is 1. The second kappa shape index (κ2) is 5.59. The molecule has 0 amide bonds. The number of carbonyl (C=O) groups is 1. The zero-order valence-corrected chi connectivity index (χ0v) is 11.4. The predicted molar refractivity (Wildman–Crippen MR) is 71.1 cm³/mol. The summed E-state index contributed by atoms with van der Waals surface area (Å²) in [5, 5.41) is 8.09. The van der Waals surface area contributed by atoms with Gasteiger partial charge < -0.3 is 0 Å². The van der Waals surface area contributed by atoms with Crippen LogP contribution in [0.3, 0.4) is 0 Å². The average molecular weight is 256 g/mol. The number of ketones is 1. The highest BCUT2D eigenvalue weighted by Crippen LogP contribution is 2.24. The Labute approximate surface area is 105 Å². The van der Waals surface area contributed by atoms with E-state index in [-0.39, 0.29) is 10.8 Å². The molecule has 1 aromatic heterocycles. The van der Waals surface area contributed by atoms with Crippen LogP contribution in [0.5, 0.6) is 0 Å². The quantitative estimate of drug-likeness (QED) is 0.368. The lowest BCUT2D eigenvalue weighted by Gasteiger charge is -2.02. The molecule has 0 aliphatic carbocycles. The molecular weight excluding hydrogens is 240 g/mol. The van der Waals surface area contributed by atoms with Gasteiger partial charge in [-0.15, -0.1) is 24.0 Å². The minimum absolute atomic E-state index is 0.0488. The summed E-state index contributed by atoms with van der Waals surface area (Å²) in [5.74, 6) is 0.526. The third-order valence-electron chi connectivity index (χ3n) is 2.08. The van der Waals surface area contributed by atoms with E-state index in [0.29, 0.717) is 23.0 Å². The third kappa shape index (κ3) is 3.15. The van der Waals surface area contributed by atoms with E-state index in [9.17, 15) is 4.79 Å². The van der Waals surface area contributed by atoms with E-state index < -0.39 is 0 Å². The van der Waals surface area contributed by atoms with Crippen LogP contribution in [0.25, 0.3) is 0 Å². The molecule has 0 spiro atoms. The Hall–Kier alpha value is -0.680. The number of nitrogens with one attached hydrogen (secondary N) is 1. The molecule has 0 aliphatic rings. The lowest BCUT2D eigenvalue weighted by molar-refractivity contribution is 0.0983. The Morgan fingerprint density at radius 1 is 1.56 bits per heavy atom. The Bertz CT molecular complexity index is 410. The largest absolute Gasteiger partial charge is 0.292 e. The van der Waals surface area contributed by atoms with Gasteiger partial charge in [-0.2, -0.15) is 0 Å². The first-order valence-corrected chi connectivity index (χ1v) is 6.52. The SMILES string of the molecule is CCC(=O)c1nc(C(=N)S)sc1CC(C)C. The van der Waals surface area contributed by atoms with Gasteiger partial charge in [-0.25, -0.2) is 4.98 Å². The van der Waals surface area contributed by atoms with Gasteiger partial charge in [0.1, 0.15) is 15.7 Å². The van der Waals surface area contributed by atoms with Gasteiger partial charge in [-0.1, -0.05) is 20.8 Å².